The maximum absolute atomic E-state index is 9.40. The number of rotatable bonds is 3. The minimum Gasteiger partial charge on any atom is -0.299 e. The van der Waals surface area contributed by atoms with Crippen LogP contribution in [-0.4, -0.2) is 12.1 Å². The van der Waals surface area contributed by atoms with Crippen molar-refractivity contribution in [2.24, 2.45) is 17.8 Å². The smallest absolute Gasteiger partial charge is 0.107 e. The first-order valence-electron chi connectivity index (χ1n) is 6.30. The molecule has 2 rings (SSSR count). The van der Waals surface area contributed by atoms with Gasteiger partial charge in [0.05, 0.1) is 6.07 Å². The summed E-state index contributed by atoms with van der Waals surface area (Å²) in [7, 11) is 0. The third-order valence-corrected chi connectivity index (χ3v) is 3.84. The predicted molar refractivity (Wildman–Crippen MR) is 61.2 cm³/mol. The number of nitriles is 1. The molecule has 2 aliphatic carbocycles. The second-order valence-corrected chi connectivity index (χ2v) is 5.87. The molecular formula is C13H22N2. The van der Waals surface area contributed by atoms with Crippen molar-refractivity contribution in [1.29, 1.82) is 5.26 Å². The Labute approximate surface area is 93.0 Å². The van der Waals surface area contributed by atoms with Crippen molar-refractivity contribution in [2.75, 3.05) is 6.54 Å². The van der Waals surface area contributed by atoms with Gasteiger partial charge in [0.1, 0.15) is 5.54 Å². The van der Waals surface area contributed by atoms with Crippen molar-refractivity contribution in [1.82, 2.24) is 5.32 Å². The van der Waals surface area contributed by atoms with Gasteiger partial charge in [-0.25, -0.2) is 0 Å². The van der Waals surface area contributed by atoms with E-state index in [1.54, 1.807) is 0 Å². The fourth-order valence-corrected chi connectivity index (χ4v) is 3.06. The van der Waals surface area contributed by atoms with Gasteiger partial charge < -0.3 is 0 Å². The Kier molecular flexibility index (Phi) is 3.02. The van der Waals surface area contributed by atoms with Crippen molar-refractivity contribution >= 4 is 0 Å². The van der Waals surface area contributed by atoms with Crippen molar-refractivity contribution in [3.05, 3.63) is 0 Å². The van der Waals surface area contributed by atoms with Crippen LogP contribution in [-0.2, 0) is 0 Å². The Balaban J connectivity index is 1.95. The third kappa shape index (κ3) is 2.72. The molecule has 0 aromatic rings. The van der Waals surface area contributed by atoms with Crippen LogP contribution in [0, 0.1) is 29.1 Å². The lowest BCUT2D eigenvalue weighted by Crippen LogP contribution is -2.49. The summed E-state index contributed by atoms with van der Waals surface area (Å²) >= 11 is 0. The van der Waals surface area contributed by atoms with Crippen LogP contribution in [0.4, 0.5) is 0 Å². The zero-order valence-corrected chi connectivity index (χ0v) is 9.92. The Morgan fingerprint density at radius 3 is 2.33 bits per heavy atom. The second kappa shape index (κ2) is 4.14. The zero-order valence-electron chi connectivity index (χ0n) is 9.92. The lowest BCUT2D eigenvalue weighted by Gasteiger charge is -2.38. The van der Waals surface area contributed by atoms with Crippen LogP contribution in [0.2, 0.25) is 0 Å². The van der Waals surface area contributed by atoms with Gasteiger partial charge in [-0.1, -0.05) is 13.8 Å². The molecule has 2 saturated carbocycles. The van der Waals surface area contributed by atoms with Gasteiger partial charge in [0.15, 0.2) is 0 Å². The van der Waals surface area contributed by atoms with Gasteiger partial charge in [0, 0.05) is 0 Å². The summed E-state index contributed by atoms with van der Waals surface area (Å²) in [4.78, 5) is 0. The van der Waals surface area contributed by atoms with E-state index in [0.29, 0.717) is 11.8 Å². The molecule has 0 bridgehead atoms. The average molecular weight is 206 g/mol. The summed E-state index contributed by atoms with van der Waals surface area (Å²) in [6.07, 6.45) is 6.09. The highest BCUT2D eigenvalue weighted by atomic mass is 15.0. The lowest BCUT2D eigenvalue weighted by molar-refractivity contribution is 0.188. The topological polar surface area (TPSA) is 35.8 Å². The highest BCUT2D eigenvalue weighted by molar-refractivity contribution is 5.10. The van der Waals surface area contributed by atoms with E-state index < -0.39 is 0 Å². The van der Waals surface area contributed by atoms with Crippen molar-refractivity contribution in [2.45, 2.75) is 51.5 Å². The fourth-order valence-electron chi connectivity index (χ4n) is 3.06. The van der Waals surface area contributed by atoms with E-state index in [1.165, 1.54) is 19.3 Å². The summed E-state index contributed by atoms with van der Waals surface area (Å²) in [6.45, 7) is 5.62. The molecule has 0 heterocycles. The molecule has 2 atom stereocenters. The van der Waals surface area contributed by atoms with Gasteiger partial charge in [-0.3, -0.25) is 5.32 Å². The van der Waals surface area contributed by atoms with Crippen LogP contribution < -0.4 is 5.32 Å². The molecule has 2 aliphatic rings. The summed E-state index contributed by atoms with van der Waals surface area (Å²) in [5, 5.41) is 12.9. The van der Waals surface area contributed by atoms with Gasteiger partial charge in [-0.05, 0) is 56.4 Å². The second-order valence-electron chi connectivity index (χ2n) is 5.87. The summed E-state index contributed by atoms with van der Waals surface area (Å²) in [5.74, 6) is 2.25. The molecule has 0 saturated heterocycles. The number of nitrogens with zero attached hydrogens (tertiary/aromatic N) is 1. The summed E-state index contributed by atoms with van der Waals surface area (Å²) in [6, 6.07) is 2.55. The molecule has 0 aliphatic heterocycles. The Bertz CT molecular complexity index is 252. The normalized spacial score (nSPS) is 41.1. The SMILES string of the molecule is CC1CC(C)CC(C#N)(NCC2CC2)C1. The van der Waals surface area contributed by atoms with Crippen LogP contribution in [0.15, 0.2) is 0 Å². The van der Waals surface area contributed by atoms with Crippen LogP contribution in [0.3, 0.4) is 0 Å². The lowest BCUT2D eigenvalue weighted by atomic mass is 9.72. The molecule has 1 N–H and O–H groups in total. The summed E-state index contributed by atoms with van der Waals surface area (Å²) < 4.78 is 0. The van der Waals surface area contributed by atoms with E-state index >= 15 is 0 Å². The van der Waals surface area contributed by atoms with Crippen LogP contribution in [0.25, 0.3) is 0 Å². The van der Waals surface area contributed by atoms with Gasteiger partial charge >= 0.3 is 0 Å². The Morgan fingerprint density at radius 2 is 1.87 bits per heavy atom. The molecule has 0 amide bonds. The van der Waals surface area contributed by atoms with Gasteiger partial charge in [0.25, 0.3) is 0 Å². The van der Waals surface area contributed by atoms with Gasteiger partial charge in [-0.15, -0.1) is 0 Å². The minimum atomic E-state index is -0.209. The molecule has 84 valence electrons. The van der Waals surface area contributed by atoms with Crippen molar-refractivity contribution in [3.63, 3.8) is 0 Å². The first kappa shape index (κ1) is 11.0. The highest BCUT2D eigenvalue weighted by Gasteiger charge is 2.38. The molecule has 0 radical (unpaired) electrons. The largest absolute Gasteiger partial charge is 0.299 e. The highest BCUT2D eigenvalue weighted by Crippen LogP contribution is 2.37. The molecule has 2 unspecified atom stereocenters. The molecule has 0 aromatic heterocycles. The standard InChI is InChI=1S/C13H22N2/c1-10-5-11(2)7-13(6-10,9-14)15-8-12-3-4-12/h10-12,15H,3-8H2,1-2H3. The quantitative estimate of drug-likeness (QED) is 0.770. The third-order valence-electron chi connectivity index (χ3n) is 3.84. The van der Waals surface area contributed by atoms with E-state index in [9.17, 15) is 5.26 Å². The van der Waals surface area contributed by atoms with Gasteiger partial charge in [-0.2, -0.15) is 5.26 Å². The minimum absolute atomic E-state index is 0.209. The number of hydrogen-bond donors (Lipinski definition) is 1. The predicted octanol–water partition coefficient (Wildman–Crippen LogP) is 2.70. The van der Waals surface area contributed by atoms with Crippen molar-refractivity contribution in [3.8, 4) is 6.07 Å². The molecule has 2 heteroatoms. The van der Waals surface area contributed by atoms with Crippen LogP contribution in [0.1, 0.15) is 46.0 Å². The molecule has 0 spiro atoms. The van der Waals surface area contributed by atoms with Crippen LogP contribution in [0.5, 0.6) is 0 Å². The van der Waals surface area contributed by atoms with E-state index in [4.69, 9.17) is 0 Å². The zero-order chi connectivity index (χ0) is 10.9. The maximum atomic E-state index is 9.40. The first-order chi connectivity index (χ1) is 7.13. The van der Waals surface area contributed by atoms with E-state index in [2.05, 4.69) is 25.2 Å². The average Bonchev–Trinajstić information content (AvgIpc) is 2.97. The fraction of sp³-hybridized carbons (Fsp3) is 0.923. The van der Waals surface area contributed by atoms with E-state index in [-0.39, 0.29) is 5.54 Å². The first-order valence-corrected chi connectivity index (χ1v) is 6.30. The molecule has 2 fully saturated rings. The van der Waals surface area contributed by atoms with Gasteiger partial charge in [0.2, 0.25) is 0 Å². The summed E-state index contributed by atoms with van der Waals surface area (Å²) in [5.41, 5.74) is -0.209. The molecular weight excluding hydrogens is 184 g/mol. The Hall–Kier alpha value is -0.550. The molecule has 15 heavy (non-hydrogen) atoms. The maximum Gasteiger partial charge on any atom is 0.107 e. The number of nitrogens with one attached hydrogen (secondary N) is 1. The van der Waals surface area contributed by atoms with E-state index in [1.807, 2.05) is 0 Å². The molecule has 0 aromatic carbocycles. The number of hydrogen-bond acceptors (Lipinski definition) is 2. The van der Waals surface area contributed by atoms with Crippen molar-refractivity contribution < 1.29 is 0 Å². The molecule has 2 nitrogen and oxygen atoms in total. The monoisotopic (exact) mass is 206 g/mol. The Morgan fingerprint density at radius 1 is 1.27 bits per heavy atom. The van der Waals surface area contributed by atoms with E-state index in [0.717, 1.165) is 25.3 Å². The van der Waals surface area contributed by atoms with Crippen LogP contribution >= 0.6 is 0 Å².